The second-order valence-corrected chi connectivity index (χ2v) is 14.1. The number of rotatable bonds is 9. The normalized spacial score (nSPS) is 20.3. The summed E-state index contributed by atoms with van der Waals surface area (Å²) in [6, 6.07) is 7.15. The molecule has 1 aliphatic heterocycles. The summed E-state index contributed by atoms with van der Waals surface area (Å²) in [6.07, 6.45) is 1.57. The predicted molar refractivity (Wildman–Crippen MR) is 114 cm³/mol. The molecule has 1 amide bonds. The summed E-state index contributed by atoms with van der Waals surface area (Å²) in [5, 5.41) is 11.5. The lowest BCUT2D eigenvalue weighted by Gasteiger charge is -2.57. The van der Waals surface area contributed by atoms with Gasteiger partial charge in [0.25, 0.3) is 6.04 Å². The van der Waals surface area contributed by atoms with Crippen molar-refractivity contribution in [2.75, 3.05) is 6.61 Å². The maximum absolute atomic E-state index is 13.0. The molecule has 1 aromatic carbocycles. The highest BCUT2D eigenvalue weighted by Crippen LogP contribution is 2.46. The van der Waals surface area contributed by atoms with Crippen molar-refractivity contribution in [3.63, 3.8) is 0 Å². The molecule has 0 aromatic heterocycles. The van der Waals surface area contributed by atoms with Gasteiger partial charge < -0.3 is 4.57 Å². The van der Waals surface area contributed by atoms with Crippen molar-refractivity contribution in [1.29, 1.82) is 0 Å². The minimum Gasteiger partial charge on any atom is -0.362 e. The van der Waals surface area contributed by atoms with Gasteiger partial charge in [0.2, 0.25) is 5.91 Å². The van der Waals surface area contributed by atoms with Crippen LogP contribution < -0.4 is 0 Å². The van der Waals surface area contributed by atoms with Crippen molar-refractivity contribution in [2.24, 2.45) is 5.92 Å². The first-order valence-corrected chi connectivity index (χ1v) is 12.8. The predicted octanol–water partition coefficient (Wildman–Crippen LogP) is 3.37. The van der Waals surface area contributed by atoms with Crippen molar-refractivity contribution in [2.45, 2.75) is 57.4 Å². The number of nitrogens with zero attached hydrogens (tertiary/aromatic N) is 2. The van der Waals surface area contributed by atoms with E-state index >= 15 is 0 Å². The van der Waals surface area contributed by atoms with Gasteiger partial charge in [-0.15, -0.1) is 6.58 Å². The van der Waals surface area contributed by atoms with Gasteiger partial charge in [0, 0.05) is 4.92 Å². The Labute approximate surface area is 178 Å². The molecule has 3 atom stereocenters. The first-order chi connectivity index (χ1) is 13.9. The Kier molecular flexibility index (Phi) is 7.20. The summed E-state index contributed by atoms with van der Waals surface area (Å²) in [7, 11) is -2.22. The van der Waals surface area contributed by atoms with Crippen LogP contribution in [0.5, 0.6) is 0 Å². The maximum Gasteiger partial charge on any atom is 0.346 e. The number of β-lactam (4-membered cyclic amide) rings is 1. The van der Waals surface area contributed by atoms with Crippen LogP contribution in [0, 0.1) is 16.0 Å². The van der Waals surface area contributed by atoms with E-state index in [1.807, 2.05) is 6.07 Å². The zero-order valence-electron chi connectivity index (χ0n) is 18.2. The smallest absolute Gasteiger partial charge is 0.346 e. The average Bonchev–Trinajstić information content (AvgIpc) is 2.64. The fourth-order valence-electron chi connectivity index (χ4n) is 3.44. The van der Waals surface area contributed by atoms with E-state index in [1.165, 1.54) is 0 Å². The van der Waals surface area contributed by atoms with E-state index in [-0.39, 0.29) is 17.4 Å². The van der Waals surface area contributed by atoms with Crippen molar-refractivity contribution in [3.05, 3.63) is 58.7 Å². The van der Waals surface area contributed by atoms with Crippen molar-refractivity contribution < 1.29 is 24.3 Å². The molecule has 8 nitrogen and oxygen atoms in total. The van der Waals surface area contributed by atoms with Gasteiger partial charge in [0.05, 0.1) is 12.5 Å². The second kappa shape index (κ2) is 9.09. The van der Waals surface area contributed by atoms with E-state index in [0.29, 0.717) is 0 Å². The van der Waals surface area contributed by atoms with E-state index in [1.54, 1.807) is 34.9 Å². The molecule has 2 rings (SSSR count). The Morgan fingerprint density at radius 1 is 1.33 bits per heavy atom. The van der Waals surface area contributed by atoms with Crippen LogP contribution in [0.25, 0.3) is 0 Å². The summed E-state index contributed by atoms with van der Waals surface area (Å²) in [5.74, 6) is -1.82. The van der Waals surface area contributed by atoms with Crippen molar-refractivity contribution >= 4 is 20.1 Å². The minimum atomic E-state index is -2.22. The molecule has 1 fully saturated rings. The van der Waals surface area contributed by atoms with E-state index in [0.717, 1.165) is 5.56 Å². The summed E-state index contributed by atoms with van der Waals surface area (Å²) >= 11 is 0. The van der Waals surface area contributed by atoms with Gasteiger partial charge in [-0.3, -0.25) is 19.8 Å². The SMILES string of the molecule is C=CC1C(C(COOC(=O)Cc2ccccc2)[N+](=O)[O-])C(=O)N1[Si](C)(C)C(C)(C)C. The average molecular weight is 435 g/mol. The number of amides is 1. The third-order valence-electron chi connectivity index (χ3n) is 6.14. The Balaban J connectivity index is 2.02. The van der Waals surface area contributed by atoms with Gasteiger partial charge in [0.1, 0.15) is 5.92 Å². The molecule has 3 unspecified atom stereocenters. The Bertz CT molecular complexity index is 805. The molecule has 164 valence electrons. The van der Waals surface area contributed by atoms with Gasteiger partial charge in [-0.2, -0.15) is 4.89 Å². The molecule has 1 saturated heterocycles. The molecule has 0 saturated carbocycles. The fourth-order valence-corrected chi connectivity index (χ4v) is 5.88. The molecule has 30 heavy (non-hydrogen) atoms. The van der Waals surface area contributed by atoms with E-state index < -0.39 is 43.7 Å². The first kappa shape index (κ1) is 23.8. The number of nitro groups is 1. The van der Waals surface area contributed by atoms with Crippen LogP contribution in [0.3, 0.4) is 0 Å². The standard InChI is InChI=1S/C21H30N2O6Si/c1-7-16-19(20(25)22(16)30(5,6)21(2,3)4)17(23(26)27)14-28-29-18(24)13-15-11-9-8-10-12-15/h7-12,16-17,19H,1,13-14H2,2-6H3. The second-order valence-electron chi connectivity index (χ2n) is 9.02. The van der Waals surface area contributed by atoms with Gasteiger partial charge in [-0.25, -0.2) is 4.79 Å². The molecule has 0 radical (unpaired) electrons. The van der Waals surface area contributed by atoms with Gasteiger partial charge in [0.15, 0.2) is 14.8 Å². The van der Waals surface area contributed by atoms with Crippen LogP contribution in [0.2, 0.25) is 18.1 Å². The summed E-state index contributed by atoms with van der Waals surface area (Å²) in [5.41, 5.74) is 0.739. The van der Waals surface area contributed by atoms with Crippen molar-refractivity contribution in [3.8, 4) is 0 Å². The minimum absolute atomic E-state index is 0.0131. The molecule has 1 heterocycles. The van der Waals surface area contributed by atoms with E-state index in [9.17, 15) is 19.7 Å². The number of carbonyl (C=O) groups is 2. The molecule has 0 bridgehead atoms. The number of benzene rings is 1. The zero-order chi connectivity index (χ0) is 22.7. The molecular formula is C21H30N2O6Si. The third-order valence-corrected chi connectivity index (χ3v) is 11.5. The molecule has 9 heteroatoms. The van der Waals surface area contributed by atoms with Crippen LogP contribution >= 0.6 is 0 Å². The van der Waals surface area contributed by atoms with Crippen LogP contribution in [-0.2, 0) is 25.8 Å². The quantitative estimate of drug-likeness (QED) is 0.148. The molecule has 0 N–H and O–H groups in total. The maximum atomic E-state index is 13.0. The highest BCUT2D eigenvalue weighted by Gasteiger charge is 2.61. The van der Waals surface area contributed by atoms with E-state index in [4.69, 9.17) is 9.78 Å². The van der Waals surface area contributed by atoms with Crippen LogP contribution in [0.15, 0.2) is 43.0 Å². The largest absolute Gasteiger partial charge is 0.362 e. The highest BCUT2D eigenvalue weighted by atomic mass is 28.3. The monoisotopic (exact) mass is 434 g/mol. The van der Waals surface area contributed by atoms with E-state index in [2.05, 4.69) is 40.4 Å². The third kappa shape index (κ3) is 4.79. The summed E-state index contributed by atoms with van der Waals surface area (Å²) in [4.78, 5) is 45.6. The Hall–Kier alpha value is -2.52. The molecule has 1 aromatic rings. The number of hydrogen-bond donors (Lipinski definition) is 0. The summed E-state index contributed by atoms with van der Waals surface area (Å²) in [6.45, 7) is 13.6. The highest BCUT2D eigenvalue weighted by molar-refractivity contribution is 6.80. The summed E-state index contributed by atoms with van der Waals surface area (Å²) < 4.78 is 1.78. The lowest BCUT2D eigenvalue weighted by atomic mass is 9.84. The first-order valence-electron chi connectivity index (χ1n) is 9.87. The lowest BCUT2D eigenvalue weighted by Crippen LogP contribution is -2.75. The van der Waals surface area contributed by atoms with Gasteiger partial charge >= 0.3 is 5.97 Å². The molecule has 0 spiro atoms. The van der Waals surface area contributed by atoms with Crippen molar-refractivity contribution in [1.82, 2.24) is 4.57 Å². The van der Waals surface area contributed by atoms with Gasteiger partial charge in [-0.05, 0) is 10.6 Å². The fraction of sp³-hybridized carbons (Fsp3) is 0.524. The molecule has 0 aliphatic carbocycles. The van der Waals surface area contributed by atoms with Gasteiger partial charge in [-0.1, -0.05) is 70.3 Å². The Morgan fingerprint density at radius 3 is 2.43 bits per heavy atom. The Morgan fingerprint density at radius 2 is 1.93 bits per heavy atom. The lowest BCUT2D eigenvalue weighted by molar-refractivity contribution is -0.543. The number of carbonyl (C=O) groups excluding carboxylic acids is 2. The molecular weight excluding hydrogens is 404 g/mol. The molecule has 1 aliphatic rings. The topological polar surface area (TPSA) is 99.0 Å². The number of hydrogen-bond acceptors (Lipinski definition) is 6. The van der Waals surface area contributed by atoms with Crippen LogP contribution in [0.1, 0.15) is 26.3 Å². The zero-order valence-corrected chi connectivity index (χ0v) is 19.2. The van der Waals surface area contributed by atoms with Crippen LogP contribution in [-0.4, -0.2) is 48.3 Å². The van der Waals surface area contributed by atoms with Crippen LogP contribution in [0.4, 0.5) is 0 Å².